The van der Waals surface area contributed by atoms with Crippen molar-refractivity contribution in [3.05, 3.63) is 82.7 Å². The molecule has 1 aliphatic carbocycles. The molecule has 3 nitrogen and oxygen atoms in total. The van der Waals surface area contributed by atoms with Gasteiger partial charge >= 0.3 is 12.4 Å². The molecule has 0 atom stereocenters. The summed E-state index contributed by atoms with van der Waals surface area (Å²) >= 11 is 0. The van der Waals surface area contributed by atoms with Crippen LogP contribution in [-0.2, 0) is 18.8 Å². The molecule has 1 heterocycles. The predicted molar refractivity (Wildman–Crippen MR) is 134 cm³/mol. The number of anilines is 1. The van der Waals surface area contributed by atoms with E-state index in [0.29, 0.717) is 24.7 Å². The molecule has 1 saturated carbocycles. The van der Waals surface area contributed by atoms with Gasteiger partial charge in [0.1, 0.15) is 0 Å². The van der Waals surface area contributed by atoms with E-state index in [1.807, 2.05) is 0 Å². The quantitative estimate of drug-likeness (QED) is 0.235. The Kier molecular flexibility index (Phi) is 7.99. The van der Waals surface area contributed by atoms with Crippen molar-refractivity contribution >= 4 is 17.6 Å². The van der Waals surface area contributed by atoms with E-state index in [1.54, 1.807) is 6.20 Å². The lowest BCUT2D eigenvalue weighted by molar-refractivity contribution is -0.143. The van der Waals surface area contributed by atoms with Crippen LogP contribution in [0.5, 0.6) is 0 Å². The zero-order chi connectivity index (χ0) is 26.6. The normalized spacial score (nSPS) is 18.6. The molecule has 0 amide bonds. The van der Waals surface area contributed by atoms with Crippen molar-refractivity contribution in [1.29, 1.82) is 0 Å². The number of hydrogen-bond donors (Lipinski definition) is 1. The minimum absolute atomic E-state index is 0.101. The van der Waals surface area contributed by atoms with Crippen LogP contribution in [0.15, 0.2) is 65.4 Å². The van der Waals surface area contributed by atoms with Gasteiger partial charge in [-0.1, -0.05) is 50.5 Å². The average molecular weight is 522 g/mol. The monoisotopic (exact) mass is 521 g/mol. The first kappa shape index (κ1) is 26.8. The summed E-state index contributed by atoms with van der Waals surface area (Å²) in [6.45, 7) is 2.73. The van der Waals surface area contributed by atoms with Gasteiger partial charge in [-0.2, -0.15) is 26.3 Å². The van der Waals surface area contributed by atoms with E-state index >= 15 is 0 Å². The second kappa shape index (κ2) is 11.0. The van der Waals surface area contributed by atoms with Gasteiger partial charge in [0, 0.05) is 36.2 Å². The summed E-state index contributed by atoms with van der Waals surface area (Å²) < 4.78 is 78.7. The lowest BCUT2D eigenvalue weighted by Crippen LogP contribution is -2.31. The lowest BCUT2D eigenvalue weighted by atomic mass is 9.94. The average Bonchev–Trinajstić information content (AvgIpc) is 3.30. The van der Waals surface area contributed by atoms with Crippen molar-refractivity contribution in [3.63, 3.8) is 0 Å². The van der Waals surface area contributed by atoms with Gasteiger partial charge in [-0.15, -0.1) is 0 Å². The Morgan fingerprint density at radius 2 is 1.54 bits per heavy atom. The van der Waals surface area contributed by atoms with Gasteiger partial charge in [0.05, 0.1) is 17.5 Å². The fraction of sp³-hybridized carbons (Fsp3) is 0.393. The first-order chi connectivity index (χ1) is 17.5. The Bertz CT molecular complexity index is 1140. The maximum absolute atomic E-state index is 13.1. The van der Waals surface area contributed by atoms with Crippen molar-refractivity contribution in [1.82, 2.24) is 4.90 Å². The molecule has 0 bridgehead atoms. The van der Waals surface area contributed by atoms with Gasteiger partial charge in [0.15, 0.2) is 0 Å². The van der Waals surface area contributed by atoms with Crippen LogP contribution in [0.25, 0.3) is 5.57 Å². The highest BCUT2D eigenvalue weighted by atomic mass is 19.4. The van der Waals surface area contributed by atoms with Crippen LogP contribution < -0.4 is 5.32 Å². The topological polar surface area (TPSA) is 27.6 Å². The molecule has 0 aromatic heterocycles. The van der Waals surface area contributed by atoms with E-state index in [1.165, 1.54) is 24.8 Å². The summed E-state index contributed by atoms with van der Waals surface area (Å²) in [4.78, 5) is 6.51. The molecule has 0 radical (unpaired) electrons. The Hall–Kier alpha value is -3.23. The molecular weight excluding hydrogens is 492 g/mol. The fourth-order valence-corrected chi connectivity index (χ4v) is 4.79. The Morgan fingerprint density at radius 3 is 2.11 bits per heavy atom. The number of aliphatic imine (C=N–C) groups is 1. The summed E-state index contributed by atoms with van der Waals surface area (Å²) in [5.74, 6) is 0. The third kappa shape index (κ3) is 6.76. The Balaban J connectivity index is 1.56. The molecule has 2 aliphatic rings. The van der Waals surface area contributed by atoms with E-state index in [4.69, 9.17) is 0 Å². The van der Waals surface area contributed by atoms with Gasteiger partial charge in [0.2, 0.25) is 0 Å². The van der Waals surface area contributed by atoms with Crippen molar-refractivity contribution in [2.75, 3.05) is 11.9 Å². The van der Waals surface area contributed by atoms with Crippen molar-refractivity contribution in [3.8, 4) is 0 Å². The summed E-state index contributed by atoms with van der Waals surface area (Å²) in [7, 11) is 0. The molecule has 1 N–H and O–H groups in total. The van der Waals surface area contributed by atoms with Gasteiger partial charge in [0.25, 0.3) is 0 Å². The number of nitrogens with one attached hydrogen (secondary N) is 1. The van der Waals surface area contributed by atoms with Crippen LogP contribution in [-0.4, -0.2) is 23.8 Å². The molecule has 1 fully saturated rings. The minimum Gasteiger partial charge on any atom is -0.369 e. The zero-order valence-corrected chi connectivity index (χ0v) is 20.5. The number of hydrogen-bond acceptors (Lipinski definition) is 2. The van der Waals surface area contributed by atoms with Gasteiger partial charge in [-0.25, -0.2) is 4.99 Å². The molecule has 0 spiro atoms. The number of halogens is 6. The maximum atomic E-state index is 13.1. The Morgan fingerprint density at radius 1 is 0.919 bits per heavy atom. The number of rotatable bonds is 6. The van der Waals surface area contributed by atoms with Crippen LogP contribution in [0.2, 0.25) is 0 Å². The molecule has 2 aromatic rings. The summed E-state index contributed by atoms with van der Waals surface area (Å²) in [6.07, 6.45) is 1.85. The molecule has 4 rings (SSSR count). The fourth-order valence-electron chi connectivity index (χ4n) is 4.79. The molecule has 1 aliphatic heterocycles. The van der Waals surface area contributed by atoms with E-state index in [9.17, 15) is 26.3 Å². The van der Waals surface area contributed by atoms with Crippen LogP contribution in [0.3, 0.4) is 0 Å². The molecule has 37 heavy (non-hydrogen) atoms. The standard InChI is InChI=1S/C28H29F6N3/c1-2-19-8-10-20(11-9-19)26-17-37(25-6-4-3-5-7-25)16-21(26)15-35-18-36-24-13-22(27(29,30)31)12-23(14-24)28(32,33)34/h8-15,17-18,25H,2-7,16H2,1H3,(H,35,36)/b21-15+. The van der Waals surface area contributed by atoms with Crippen LogP contribution in [0.1, 0.15) is 61.3 Å². The summed E-state index contributed by atoms with van der Waals surface area (Å²) in [5, 5.41) is 2.47. The second-order valence-electron chi connectivity index (χ2n) is 9.43. The van der Waals surface area contributed by atoms with Crippen LogP contribution in [0.4, 0.5) is 32.0 Å². The van der Waals surface area contributed by atoms with Crippen molar-refractivity contribution < 1.29 is 26.3 Å². The first-order valence-corrected chi connectivity index (χ1v) is 12.4. The van der Waals surface area contributed by atoms with Crippen LogP contribution in [0, 0.1) is 0 Å². The van der Waals surface area contributed by atoms with Crippen molar-refractivity contribution in [2.45, 2.75) is 63.8 Å². The highest BCUT2D eigenvalue weighted by Crippen LogP contribution is 2.38. The van der Waals surface area contributed by atoms with Crippen LogP contribution >= 0.6 is 0 Å². The predicted octanol–water partition coefficient (Wildman–Crippen LogP) is 8.30. The molecule has 0 unspecified atom stereocenters. The van der Waals surface area contributed by atoms with Gasteiger partial charge < -0.3 is 10.2 Å². The molecule has 9 heteroatoms. The third-order valence-electron chi connectivity index (χ3n) is 6.83. The largest absolute Gasteiger partial charge is 0.416 e. The molecular formula is C28H29F6N3. The lowest BCUT2D eigenvalue weighted by Gasteiger charge is -2.30. The van der Waals surface area contributed by atoms with E-state index in [2.05, 4.69) is 52.6 Å². The first-order valence-electron chi connectivity index (χ1n) is 12.4. The van der Waals surface area contributed by atoms with Gasteiger partial charge in [-0.05, 0) is 54.2 Å². The van der Waals surface area contributed by atoms with E-state index in [0.717, 1.165) is 42.3 Å². The second-order valence-corrected chi connectivity index (χ2v) is 9.43. The third-order valence-corrected chi connectivity index (χ3v) is 6.83. The number of nitrogens with zero attached hydrogens (tertiary/aromatic N) is 2. The molecule has 198 valence electrons. The number of alkyl halides is 6. The molecule has 2 aromatic carbocycles. The highest BCUT2D eigenvalue weighted by molar-refractivity contribution is 5.82. The maximum Gasteiger partial charge on any atom is 0.416 e. The summed E-state index contributed by atoms with van der Waals surface area (Å²) in [6, 6.07) is 10.1. The Labute approximate surface area is 212 Å². The number of aryl methyl sites for hydroxylation is 1. The zero-order valence-electron chi connectivity index (χ0n) is 20.5. The van der Waals surface area contributed by atoms with Crippen molar-refractivity contribution in [2.24, 2.45) is 4.99 Å². The van der Waals surface area contributed by atoms with Gasteiger partial charge in [-0.3, -0.25) is 0 Å². The smallest absolute Gasteiger partial charge is 0.369 e. The SMILES string of the molecule is CCc1ccc(C2=CN(C3CCCCC3)C/C2=C\N=CNc2cc(C(F)(F)F)cc(C(F)(F)F)c2)cc1. The minimum atomic E-state index is -4.91. The van der Waals surface area contributed by atoms with E-state index in [-0.39, 0.29) is 11.8 Å². The number of benzene rings is 2. The molecule has 0 saturated heterocycles. The summed E-state index contributed by atoms with van der Waals surface area (Å²) in [5.41, 5.74) is 1.12. The highest BCUT2D eigenvalue weighted by Gasteiger charge is 2.37. The van der Waals surface area contributed by atoms with E-state index < -0.39 is 23.5 Å².